The highest BCUT2D eigenvalue weighted by atomic mass is 32.1. The number of H-pyrrole nitrogens is 1. The molecule has 0 aliphatic rings. The number of aliphatic carboxylic acids is 2. The number of guanidine groups is 2. The number of unbranched alkanes of at least 4 members (excludes halogenated alkanes) is 1. The molecule has 690 valence electrons. The smallest absolute Gasteiger partial charge is 0.322 e. The minimum Gasteiger partial charge on any atom is -0.508 e. The third kappa shape index (κ3) is 39.9. The third-order valence-corrected chi connectivity index (χ3v) is 18.9. The van der Waals surface area contributed by atoms with Gasteiger partial charge in [-0.2, -0.15) is 12.6 Å². The molecule has 0 unspecified atom stereocenters. The molecule has 0 aliphatic heterocycles. The Bertz CT molecular complexity index is 4220. The molecule has 2 aromatic carbocycles. The molecular formula is C75H116N26O23S. The maximum Gasteiger partial charge on any atom is 0.322 e. The van der Waals surface area contributed by atoms with Crippen molar-refractivity contribution in [2.24, 2.45) is 40.3 Å². The number of phenolic OH excluding ortho intramolecular Hbond substituents is 2. The number of aromatic nitrogens is 2. The van der Waals surface area contributed by atoms with Crippen molar-refractivity contribution in [3.8, 4) is 11.5 Å². The largest absolute Gasteiger partial charge is 0.508 e. The van der Waals surface area contributed by atoms with E-state index >= 15 is 0 Å². The summed E-state index contributed by atoms with van der Waals surface area (Å²) in [6.07, 6.45) is -2.71. The van der Waals surface area contributed by atoms with Crippen LogP contribution < -0.4 is 119 Å². The SMILES string of the molecule is CC(C)[C@H](NC(=O)[C@H](C)NC(=O)[C@H](C)NC(=O)[C@H](CCCNC(=N)N)NC(=O)[C@H](CCCCN)NC(=O)[C@@H](N)CCC(N)=O)C(=O)N[C@@H](CC(=O)O)C(=O)N[C@H](C(=O)N[C@@H](Cc1ccc(O)cc1)C(=O)N[C@@H](CS)C(=O)N[C@@H](CCCNC(=N)N)C(=O)N[C@@H](Cc1cnc[nH]1)C(=O)N[C@@H](CC(N)=O)C(=O)N[C@@H](Cc1ccc(O)cc1)C(=O)NCC(=O)O)[C@@H](C)O. The number of nitrogens with zero attached hydrogens (tertiary/aromatic N) is 1. The summed E-state index contributed by atoms with van der Waals surface area (Å²) in [5.41, 5.74) is 34.0. The maximum atomic E-state index is 14.6. The number of benzene rings is 2. The zero-order valence-corrected chi connectivity index (χ0v) is 70.3. The van der Waals surface area contributed by atoms with Crippen molar-refractivity contribution in [2.75, 3.05) is 31.9 Å². The van der Waals surface area contributed by atoms with Crippen LogP contribution in [0.15, 0.2) is 61.1 Å². The first-order chi connectivity index (χ1) is 58.8. The van der Waals surface area contributed by atoms with Gasteiger partial charge in [0, 0.05) is 56.4 Å². The molecule has 0 fully saturated rings. The predicted molar refractivity (Wildman–Crippen MR) is 447 cm³/mol. The molecule has 1 heterocycles. The van der Waals surface area contributed by atoms with Crippen LogP contribution in [0.2, 0.25) is 0 Å². The van der Waals surface area contributed by atoms with Gasteiger partial charge in [0.05, 0.1) is 31.3 Å². The number of aliphatic hydroxyl groups excluding tert-OH is 1. The van der Waals surface area contributed by atoms with E-state index in [2.05, 4.69) is 108 Å². The Labute approximate surface area is 722 Å². The van der Waals surface area contributed by atoms with E-state index in [9.17, 15) is 112 Å². The van der Waals surface area contributed by atoms with Crippen molar-refractivity contribution in [1.29, 1.82) is 10.8 Å². The number of aliphatic hydroxyl groups is 1. The Hall–Kier alpha value is -13.5. The van der Waals surface area contributed by atoms with Crippen LogP contribution >= 0.6 is 12.6 Å². The summed E-state index contributed by atoms with van der Waals surface area (Å²) in [5, 5.41) is 104. The number of phenols is 2. The Morgan fingerprint density at radius 1 is 0.424 bits per heavy atom. The Morgan fingerprint density at radius 3 is 1.26 bits per heavy atom. The molecule has 15 atom stereocenters. The van der Waals surface area contributed by atoms with Crippen molar-refractivity contribution in [3.05, 3.63) is 77.9 Å². The molecule has 49 nitrogen and oxygen atoms in total. The number of hydrogen-bond acceptors (Lipinski definition) is 27. The first-order valence-corrected chi connectivity index (χ1v) is 40.1. The van der Waals surface area contributed by atoms with Gasteiger partial charge in [0.15, 0.2) is 11.9 Å². The molecule has 125 heavy (non-hydrogen) atoms. The fraction of sp³-hybridized carbons (Fsp3) is 0.533. The third-order valence-electron chi connectivity index (χ3n) is 18.6. The maximum absolute atomic E-state index is 14.6. The van der Waals surface area contributed by atoms with Crippen molar-refractivity contribution < 1.29 is 112 Å². The molecule has 3 rings (SSSR count). The number of carboxylic acid groups (broad SMARTS) is 2. The van der Waals surface area contributed by atoms with Gasteiger partial charge in [-0.3, -0.25) is 97.1 Å². The molecular weight excluding hydrogens is 1670 g/mol. The van der Waals surface area contributed by atoms with Crippen molar-refractivity contribution in [3.63, 3.8) is 0 Å². The monoisotopic (exact) mass is 1780 g/mol. The van der Waals surface area contributed by atoms with E-state index in [0.717, 1.165) is 6.92 Å². The number of aromatic hydroxyl groups is 2. The normalized spacial score (nSPS) is 14.6. The number of thiol groups is 1. The number of aromatic amines is 1. The van der Waals surface area contributed by atoms with E-state index in [4.69, 9.17) is 45.2 Å². The van der Waals surface area contributed by atoms with E-state index in [1.807, 2.05) is 0 Å². The van der Waals surface area contributed by atoms with Crippen LogP contribution in [0.3, 0.4) is 0 Å². The number of carbonyl (C=O) groups excluding carboxylic acids is 16. The molecule has 16 amide bonds. The van der Waals surface area contributed by atoms with E-state index < -0.39 is 253 Å². The average molecular weight is 1780 g/mol. The average Bonchev–Trinajstić information content (AvgIpc) is 1.70. The number of carboxylic acids is 2. The molecule has 3 aromatic rings. The number of hydrogen-bond donors (Lipinski definition) is 31. The first kappa shape index (κ1) is 106. The van der Waals surface area contributed by atoms with Crippen LogP contribution in [-0.4, -0.2) is 276 Å². The van der Waals surface area contributed by atoms with Crippen molar-refractivity contribution in [2.45, 2.75) is 215 Å². The number of amides is 16. The summed E-state index contributed by atoms with van der Waals surface area (Å²) in [6.45, 7) is 5.62. The fourth-order valence-electron chi connectivity index (χ4n) is 11.7. The predicted octanol–water partition coefficient (Wildman–Crippen LogP) is -10.0. The van der Waals surface area contributed by atoms with Crippen LogP contribution in [0, 0.1) is 16.7 Å². The minimum absolute atomic E-state index is 0.0351. The molecule has 0 aliphatic carbocycles. The van der Waals surface area contributed by atoms with Gasteiger partial charge in [-0.25, -0.2) is 4.98 Å². The van der Waals surface area contributed by atoms with Crippen molar-refractivity contribution in [1.82, 2.24) is 95.0 Å². The van der Waals surface area contributed by atoms with Crippen LogP contribution in [0.5, 0.6) is 11.5 Å². The van der Waals surface area contributed by atoms with Crippen LogP contribution in [0.1, 0.15) is 122 Å². The second kappa shape index (κ2) is 54.1. The topological polar surface area (TPSA) is 833 Å². The Kier molecular flexibility index (Phi) is 45.7. The number of rotatable bonds is 57. The van der Waals surface area contributed by atoms with E-state index in [1.54, 1.807) is 0 Å². The summed E-state index contributed by atoms with van der Waals surface area (Å²) in [6, 6.07) is -12.7. The highest BCUT2D eigenvalue weighted by molar-refractivity contribution is 7.80. The summed E-state index contributed by atoms with van der Waals surface area (Å²) >= 11 is 4.28. The molecule has 0 spiro atoms. The highest BCUT2D eigenvalue weighted by Crippen LogP contribution is 2.17. The molecule has 50 heteroatoms. The zero-order chi connectivity index (χ0) is 93.9. The number of primary amides is 2. The number of imidazole rings is 1. The number of carbonyl (C=O) groups is 18. The molecule has 36 N–H and O–H groups in total. The van der Waals surface area contributed by atoms with Gasteiger partial charge in [-0.05, 0) is 120 Å². The van der Waals surface area contributed by atoms with Gasteiger partial charge >= 0.3 is 11.9 Å². The highest BCUT2D eigenvalue weighted by Gasteiger charge is 2.40. The lowest BCUT2D eigenvalue weighted by Gasteiger charge is -2.29. The van der Waals surface area contributed by atoms with E-state index in [-0.39, 0.29) is 93.8 Å². The number of nitrogens with one attached hydrogen (secondary N) is 19. The zero-order valence-electron chi connectivity index (χ0n) is 69.4. The molecule has 0 saturated heterocycles. The van der Waals surface area contributed by atoms with Gasteiger partial charge in [-0.1, -0.05) is 38.1 Å². The lowest BCUT2D eigenvalue weighted by atomic mass is 10.0. The summed E-state index contributed by atoms with van der Waals surface area (Å²) < 4.78 is 0. The molecule has 1 aromatic heterocycles. The standard InChI is InChI=1S/C75H116N26O23S/c1-35(2)58(100-61(112)37(4)89-60(111)36(3)90-64(115)46(11-8-24-85-74(80)81)92-65(116)45(10-6-7-23-76)91-62(113)44(77)21-22-54(78)105)72(123)98-52(30-56(107)108)70(121)101-59(38(5)102)73(124)97-49(27-40-15-19-43(104)20-16-40)67(118)99-53(33-125)71(122)93-47(12-9-25-86-75(82)83)66(117)95-50(28-41-31-84-34-88-41)68(119)96-51(29-55(79)106)69(120)94-48(63(114)87-32-57(109)110)26-39-13-17-42(103)18-14-39/h13-20,31,34-38,44-53,58-59,102-104,125H,6-12,21-30,32-33,76-77H2,1-5H3,(H2,78,105)(H2,79,106)(H,84,88)(H,87,114)(H,89,111)(H,90,115)(H,91,113)(H,92,116)(H,93,122)(H,94,120)(H,95,117)(H,96,119)(H,97,124)(H,98,123)(H,99,118)(H,100,112)(H,101,121)(H,107,108)(H,109,110)(H4,80,81,85)(H4,82,83,86)/t36-,37-,38+,44-,45-,46-,47-,48-,49-,50-,51-,52-,53-,58-,59-/m0/s1. The summed E-state index contributed by atoms with van der Waals surface area (Å²) in [7, 11) is 0. The van der Waals surface area contributed by atoms with Crippen molar-refractivity contribution >= 4 is 131 Å². The number of nitrogens with two attached hydrogens (primary N) is 6. The lowest BCUT2D eigenvalue weighted by molar-refractivity contribution is -0.142. The second-order valence-electron chi connectivity index (χ2n) is 29.4. The van der Waals surface area contributed by atoms with Gasteiger partial charge in [-0.15, -0.1) is 0 Å². The van der Waals surface area contributed by atoms with Gasteiger partial charge in [0.1, 0.15) is 96.6 Å². The van der Waals surface area contributed by atoms with Crippen LogP contribution in [-0.2, 0) is 106 Å². The lowest BCUT2D eigenvalue weighted by Crippen LogP contribution is -2.63. The minimum atomic E-state index is -2.11. The summed E-state index contributed by atoms with van der Waals surface area (Å²) in [5.74, 6) is -23.1. The molecule has 0 radical (unpaired) electrons. The quantitative estimate of drug-likeness (QED) is 0.0108. The fourth-order valence-corrected chi connectivity index (χ4v) is 12.0. The van der Waals surface area contributed by atoms with Crippen LogP contribution in [0.25, 0.3) is 0 Å². The van der Waals surface area contributed by atoms with E-state index in [0.29, 0.717) is 18.4 Å². The summed E-state index contributed by atoms with van der Waals surface area (Å²) in [4.78, 5) is 251. The van der Waals surface area contributed by atoms with Crippen LogP contribution in [0.4, 0.5) is 0 Å². The second-order valence-corrected chi connectivity index (χ2v) is 29.8. The molecule has 0 bridgehead atoms. The van der Waals surface area contributed by atoms with Gasteiger partial charge < -0.3 is 150 Å². The van der Waals surface area contributed by atoms with Gasteiger partial charge in [0.2, 0.25) is 94.5 Å². The Morgan fingerprint density at radius 2 is 0.808 bits per heavy atom. The Balaban J connectivity index is 1.90. The van der Waals surface area contributed by atoms with Gasteiger partial charge in [0.25, 0.3) is 0 Å². The van der Waals surface area contributed by atoms with E-state index in [1.165, 1.54) is 88.8 Å². The molecule has 0 saturated carbocycles. The first-order valence-electron chi connectivity index (χ1n) is 39.5.